The summed E-state index contributed by atoms with van der Waals surface area (Å²) in [5, 5.41) is 5.67. The van der Waals surface area contributed by atoms with Crippen LogP contribution in [-0.4, -0.2) is 41.1 Å². The summed E-state index contributed by atoms with van der Waals surface area (Å²) in [6.45, 7) is 2.91. The number of fused-ring (bicyclic) bond motifs is 1. The van der Waals surface area contributed by atoms with Gasteiger partial charge in [-0.05, 0) is 30.5 Å². The number of para-hydroxylation sites is 1. The minimum absolute atomic E-state index is 0.0338. The van der Waals surface area contributed by atoms with Gasteiger partial charge < -0.3 is 10.6 Å². The van der Waals surface area contributed by atoms with Gasteiger partial charge >= 0.3 is 0 Å². The molecule has 2 aromatic rings. The van der Waals surface area contributed by atoms with Gasteiger partial charge in [-0.2, -0.15) is 0 Å². The van der Waals surface area contributed by atoms with Gasteiger partial charge in [0.1, 0.15) is 0 Å². The minimum Gasteiger partial charge on any atom is -0.353 e. The zero-order chi connectivity index (χ0) is 19.3. The van der Waals surface area contributed by atoms with Crippen LogP contribution in [0.4, 0.5) is 5.69 Å². The van der Waals surface area contributed by atoms with Gasteiger partial charge in [-0.25, -0.2) is 0 Å². The molecule has 146 valence electrons. The standard InChI is InChI=1S/C22H25N3O2S/c26-21(14-20-22(27)24-18-8-4-5-9-19(18)28-20)23-17-10-12-25(13-11-17)15-16-6-2-1-3-7-16/h1-9,17,20H,10-15H2,(H,23,26)(H,24,27)/t20-/m1/s1. The van der Waals surface area contributed by atoms with Crippen molar-refractivity contribution >= 4 is 29.3 Å². The van der Waals surface area contributed by atoms with E-state index in [1.165, 1.54) is 17.3 Å². The van der Waals surface area contributed by atoms with Crippen molar-refractivity contribution in [1.29, 1.82) is 0 Å². The lowest BCUT2D eigenvalue weighted by Gasteiger charge is -2.32. The average molecular weight is 396 g/mol. The van der Waals surface area contributed by atoms with Gasteiger partial charge in [0.05, 0.1) is 10.9 Å². The van der Waals surface area contributed by atoms with E-state index >= 15 is 0 Å². The van der Waals surface area contributed by atoms with Crippen LogP contribution in [0.5, 0.6) is 0 Å². The molecule has 4 rings (SSSR count). The Kier molecular flexibility index (Phi) is 5.98. The van der Waals surface area contributed by atoms with Crippen LogP contribution in [0.1, 0.15) is 24.8 Å². The smallest absolute Gasteiger partial charge is 0.238 e. The highest BCUT2D eigenvalue weighted by atomic mass is 32.2. The molecule has 2 heterocycles. The Balaban J connectivity index is 1.23. The average Bonchev–Trinajstić information content (AvgIpc) is 2.71. The molecule has 2 amide bonds. The lowest BCUT2D eigenvalue weighted by Crippen LogP contribution is -2.45. The third kappa shape index (κ3) is 4.75. The molecule has 2 N–H and O–H groups in total. The van der Waals surface area contributed by atoms with E-state index in [1.807, 2.05) is 30.3 Å². The molecule has 0 unspecified atom stereocenters. The van der Waals surface area contributed by atoms with E-state index in [2.05, 4.69) is 39.8 Å². The number of carbonyl (C=O) groups is 2. The molecular weight excluding hydrogens is 370 g/mol. The number of hydrogen-bond acceptors (Lipinski definition) is 4. The fourth-order valence-corrected chi connectivity index (χ4v) is 4.87. The van der Waals surface area contributed by atoms with Gasteiger partial charge in [-0.3, -0.25) is 14.5 Å². The number of thioether (sulfide) groups is 1. The van der Waals surface area contributed by atoms with E-state index in [1.54, 1.807) is 0 Å². The molecule has 0 aromatic heterocycles. The quantitative estimate of drug-likeness (QED) is 0.816. The van der Waals surface area contributed by atoms with Crippen LogP contribution in [0.3, 0.4) is 0 Å². The zero-order valence-corrected chi connectivity index (χ0v) is 16.6. The number of rotatable bonds is 5. The Hall–Kier alpha value is -2.31. The molecule has 1 fully saturated rings. The number of piperidine rings is 1. The Morgan fingerprint density at radius 3 is 2.57 bits per heavy atom. The van der Waals surface area contributed by atoms with E-state index in [0.717, 1.165) is 43.1 Å². The summed E-state index contributed by atoms with van der Waals surface area (Å²) >= 11 is 1.48. The first-order valence-electron chi connectivity index (χ1n) is 9.79. The van der Waals surface area contributed by atoms with E-state index in [0.29, 0.717) is 0 Å². The summed E-state index contributed by atoms with van der Waals surface area (Å²) in [5.41, 5.74) is 2.16. The van der Waals surface area contributed by atoms with Crippen molar-refractivity contribution in [1.82, 2.24) is 10.2 Å². The van der Waals surface area contributed by atoms with Crippen molar-refractivity contribution in [3.63, 3.8) is 0 Å². The minimum atomic E-state index is -0.368. The number of hydrogen-bond donors (Lipinski definition) is 2. The topological polar surface area (TPSA) is 61.4 Å². The Bertz CT molecular complexity index is 835. The second-order valence-electron chi connectivity index (χ2n) is 7.40. The monoisotopic (exact) mass is 395 g/mol. The first-order chi connectivity index (χ1) is 13.7. The maximum absolute atomic E-state index is 12.5. The van der Waals surface area contributed by atoms with E-state index in [9.17, 15) is 9.59 Å². The highest BCUT2D eigenvalue weighted by molar-refractivity contribution is 8.01. The number of anilines is 1. The summed E-state index contributed by atoms with van der Waals surface area (Å²) in [5.74, 6) is -0.120. The molecule has 1 atom stereocenters. The second-order valence-corrected chi connectivity index (χ2v) is 8.64. The van der Waals surface area contributed by atoms with Gasteiger partial charge in [0, 0.05) is 37.0 Å². The van der Waals surface area contributed by atoms with Crippen LogP contribution in [0.25, 0.3) is 0 Å². The number of nitrogens with zero attached hydrogens (tertiary/aromatic N) is 1. The van der Waals surface area contributed by atoms with Crippen LogP contribution in [-0.2, 0) is 16.1 Å². The molecule has 0 saturated carbocycles. The van der Waals surface area contributed by atoms with Gasteiger partial charge in [0.2, 0.25) is 11.8 Å². The first kappa shape index (κ1) is 19.0. The van der Waals surface area contributed by atoms with Crippen LogP contribution in [0, 0.1) is 0 Å². The predicted molar refractivity (Wildman–Crippen MR) is 112 cm³/mol. The third-order valence-corrected chi connectivity index (χ3v) is 6.55. The molecule has 0 spiro atoms. The van der Waals surface area contributed by atoms with Crippen LogP contribution in [0.15, 0.2) is 59.5 Å². The predicted octanol–water partition coefficient (Wildman–Crippen LogP) is 3.27. The van der Waals surface area contributed by atoms with Crippen LogP contribution in [0.2, 0.25) is 0 Å². The van der Waals surface area contributed by atoms with Crippen molar-refractivity contribution in [2.45, 2.75) is 42.0 Å². The summed E-state index contributed by atoms with van der Waals surface area (Å²) in [4.78, 5) is 28.2. The molecule has 0 radical (unpaired) electrons. The zero-order valence-electron chi connectivity index (χ0n) is 15.8. The van der Waals surface area contributed by atoms with Crippen LogP contribution >= 0.6 is 11.8 Å². The lowest BCUT2D eigenvalue weighted by molar-refractivity contribution is -0.124. The fourth-order valence-electron chi connectivity index (χ4n) is 3.76. The highest BCUT2D eigenvalue weighted by Crippen LogP contribution is 2.36. The summed E-state index contributed by atoms with van der Waals surface area (Å²) in [6.07, 6.45) is 2.12. The SMILES string of the molecule is O=C(C[C@H]1Sc2ccccc2NC1=O)NC1CCN(Cc2ccccc2)CC1. The highest BCUT2D eigenvalue weighted by Gasteiger charge is 2.30. The van der Waals surface area contributed by atoms with Gasteiger partial charge in [-0.1, -0.05) is 42.5 Å². The Morgan fingerprint density at radius 1 is 1.07 bits per heavy atom. The molecule has 1 saturated heterocycles. The van der Waals surface area contributed by atoms with Crippen molar-refractivity contribution < 1.29 is 9.59 Å². The van der Waals surface area contributed by atoms with Crippen molar-refractivity contribution in [3.8, 4) is 0 Å². The number of benzene rings is 2. The van der Waals surface area contributed by atoms with Gasteiger partial charge in [0.15, 0.2) is 0 Å². The van der Waals surface area contributed by atoms with E-state index in [-0.39, 0.29) is 29.5 Å². The molecule has 5 nitrogen and oxygen atoms in total. The van der Waals surface area contributed by atoms with Crippen LogP contribution < -0.4 is 10.6 Å². The summed E-state index contributed by atoms with van der Waals surface area (Å²) in [7, 11) is 0. The fraction of sp³-hybridized carbons (Fsp3) is 0.364. The van der Waals surface area contributed by atoms with E-state index < -0.39 is 0 Å². The largest absolute Gasteiger partial charge is 0.353 e. The van der Waals surface area contributed by atoms with Crippen molar-refractivity contribution in [3.05, 3.63) is 60.2 Å². The molecule has 0 aliphatic carbocycles. The maximum Gasteiger partial charge on any atom is 0.238 e. The molecule has 2 aromatic carbocycles. The number of amides is 2. The number of carbonyl (C=O) groups excluding carboxylic acids is 2. The lowest BCUT2D eigenvalue weighted by atomic mass is 10.0. The second kappa shape index (κ2) is 8.80. The summed E-state index contributed by atoms with van der Waals surface area (Å²) in [6, 6.07) is 18.4. The molecule has 2 aliphatic rings. The van der Waals surface area contributed by atoms with Crippen molar-refractivity contribution in [2.24, 2.45) is 0 Å². The van der Waals surface area contributed by atoms with Gasteiger partial charge in [-0.15, -0.1) is 11.8 Å². The maximum atomic E-state index is 12.5. The van der Waals surface area contributed by atoms with Crippen molar-refractivity contribution in [2.75, 3.05) is 18.4 Å². The molecule has 28 heavy (non-hydrogen) atoms. The normalized spacial score (nSPS) is 20.3. The Morgan fingerprint density at radius 2 is 1.79 bits per heavy atom. The van der Waals surface area contributed by atoms with Gasteiger partial charge in [0.25, 0.3) is 0 Å². The Labute approximate surface area is 169 Å². The first-order valence-corrected chi connectivity index (χ1v) is 10.7. The molecule has 0 bridgehead atoms. The summed E-state index contributed by atoms with van der Waals surface area (Å²) < 4.78 is 0. The molecule has 6 heteroatoms. The molecular formula is C22H25N3O2S. The van der Waals surface area contributed by atoms with E-state index in [4.69, 9.17) is 0 Å². The number of likely N-dealkylation sites (tertiary alicyclic amines) is 1. The molecule has 2 aliphatic heterocycles. The number of nitrogens with one attached hydrogen (secondary N) is 2. The third-order valence-electron chi connectivity index (χ3n) is 5.28.